The molecular weight excluding hydrogens is 376 g/mol. The Kier molecular flexibility index (Phi) is 6.73. The molecule has 0 radical (unpaired) electrons. The lowest BCUT2D eigenvalue weighted by molar-refractivity contribution is -0.121. The highest BCUT2D eigenvalue weighted by molar-refractivity contribution is 6.31. The monoisotopic (exact) mass is 402 g/mol. The Morgan fingerprint density at radius 3 is 2.71 bits per heavy atom. The Morgan fingerprint density at radius 1 is 1.29 bits per heavy atom. The van der Waals surface area contributed by atoms with Crippen molar-refractivity contribution in [3.63, 3.8) is 0 Å². The first-order chi connectivity index (χ1) is 13.4. The van der Waals surface area contributed by atoms with Crippen LogP contribution in [0.3, 0.4) is 0 Å². The lowest BCUT2D eigenvalue weighted by atomic mass is 9.73. The smallest absolute Gasteiger partial charge is 0.238 e. The summed E-state index contributed by atoms with van der Waals surface area (Å²) >= 11 is 6.03. The number of rotatable bonds is 6. The van der Waals surface area contributed by atoms with Gasteiger partial charge in [-0.15, -0.1) is 0 Å². The fraction of sp³-hybridized carbons (Fsp3) is 0.409. The molecule has 0 saturated carbocycles. The summed E-state index contributed by atoms with van der Waals surface area (Å²) in [6, 6.07) is 15.2. The van der Waals surface area contributed by atoms with Crippen LogP contribution in [0.2, 0.25) is 5.02 Å². The standard InChI is InChI=1S/C22H27ClN2O3/c1-16-11-18(7-8-19(16)23)24-21(28)13-25-10-9-20(27)22(14-25,15-26)12-17-5-3-2-4-6-17/h2-8,11,20,26-27H,9-10,12-15H2,1H3,(H,24,28)/t20-,22+/m0/s1. The van der Waals surface area contributed by atoms with Gasteiger partial charge in [0.15, 0.2) is 0 Å². The van der Waals surface area contributed by atoms with E-state index < -0.39 is 11.5 Å². The van der Waals surface area contributed by atoms with E-state index >= 15 is 0 Å². The molecule has 28 heavy (non-hydrogen) atoms. The molecule has 3 rings (SSSR count). The molecule has 5 nitrogen and oxygen atoms in total. The predicted octanol–water partition coefficient (Wildman–Crippen LogP) is 2.87. The largest absolute Gasteiger partial charge is 0.396 e. The van der Waals surface area contributed by atoms with Crippen molar-refractivity contribution in [3.05, 3.63) is 64.7 Å². The average Bonchev–Trinajstić information content (AvgIpc) is 2.68. The van der Waals surface area contributed by atoms with Crippen LogP contribution in [0.1, 0.15) is 17.5 Å². The van der Waals surface area contributed by atoms with Gasteiger partial charge in [-0.25, -0.2) is 0 Å². The number of anilines is 1. The van der Waals surface area contributed by atoms with Crippen molar-refractivity contribution in [2.24, 2.45) is 5.41 Å². The molecule has 2 aromatic carbocycles. The molecule has 2 aromatic rings. The molecule has 0 unspecified atom stereocenters. The molecule has 2 atom stereocenters. The maximum Gasteiger partial charge on any atom is 0.238 e. The normalized spacial score (nSPS) is 22.8. The van der Waals surface area contributed by atoms with Crippen molar-refractivity contribution >= 4 is 23.2 Å². The summed E-state index contributed by atoms with van der Waals surface area (Å²) in [5, 5.41) is 24.3. The first-order valence-corrected chi connectivity index (χ1v) is 9.91. The molecule has 0 bridgehead atoms. The minimum absolute atomic E-state index is 0.121. The molecule has 1 saturated heterocycles. The van der Waals surface area contributed by atoms with Crippen LogP contribution in [-0.4, -0.2) is 53.4 Å². The first-order valence-electron chi connectivity index (χ1n) is 9.53. The second-order valence-corrected chi connectivity index (χ2v) is 8.12. The number of hydrogen-bond donors (Lipinski definition) is 3. The lowest BCUT2D eigenvalue weighted by Crippen LogP contribution is -2.56. The van der Waals surface area contributed by atoms with Gasteiger partial charge in [-0.3, -0.25) is 9.69 Å². The second kappa shape index (κ2) is 9.05. The molecule has 0 spiro atoms. The first kappa shape index (κ1) is 20.8. The van der Waals surface area contributed by atoms with Gasteiger partial charge in [-0.1, -0.05) is 41.9 Å². The highest BCUT2D eigenvalue weighted by Crippen LogP contribution is 2.34. The number of aliphatic hydroxyl groups excluding tert-OH is 2. The zero-order valence-corrected chi connectivity index (χ0v) is 16.8. The van der Waals surface area contributed by atoms with Gasteiger partial charge in [0.1, 0.15) is 0 Å². The molecule has 1 fully saturated rings. The number of likely N-dealkylation sites (tertiary alicyclic amines) is 1. The van der Waals surface area contributed by atoms with Gasteiger partial charge in [-0.05, 0) is 49.1 Å². The summed E-state index contributed by atoms with van der Waals surface area (Å²) < 4.78 is 0. The number of nitrogens with zero attached hydrogens (tertiary/aromatic N) is 1. The maximum absolute atomic E-state index is 12.5. The van der Waals surface area contributed by atoms with Gasteiger partial charge in [0.2, 0.25) is 5.91 Å². The highest BCUT2D eigenvalue weighted by atomic mass is 35.5. The summed E-state index contributed by atoms with van der Waals surface area (Å²) in [7, 11) is 0. The van der Waals surface area contributed by atoms with E-state index in [2.05, 4.69) is 5.32 Å². The van der Waals surface area contributed by atoms with Crippen LogP contribution in [0.25, 0.3) is 0 Å². The van der Waals surface area contributed by atoms with Crippen LogP contribution in [0.5, 0.6) is 0 Å². The molecule has 150 valence electrons. The number of hydrogen-bond acceptors (Lipinski definition) is 4. The topological polar surface area (TPSA) is 72.8 Å². The van der Waals surface area contributed by atoms with Crippen molar-refractivity contribution in [3.8, 4) is 0 Å². The third-order valence-corrected chi connectivity index (χ3v) is 5.91. The Labute approximate surface area is 170 Å². The Bertz CT molecular complexity index is 815. The van der Waals surface area contributed by atoms with E-state index in [4.69, 9.17) is 11.6 Å². The number of amides is 1. The number of piperidine rings is 1. The minimum atomic E-state index is -0.670. The van der Waals surface area contributed by atoms with E-state index in [1.807, 2.05) is 48.2 Å². The van der Waals surface area contributed by atoms with Gasteiger partial charge in [0, 0.05) is 29.2 Å². The molecule has 0 aromatic heterocycles. The van der Waals surface area contributed by atoms with Gasteiger partial charge >= 0.3 is 0 Å². The van der Waals surface area contributed by atoms with Gasteiger partial charge in [0.05, 0.1) is 19.3 Å². The molecule has 0 aliphatic carbocycles. The quantitative estimate of drug-likeness (QED) is 0.694. The maximum atomic E-state index is 12.5. The molecule has 1 aliphatic rings. The van der Waals surface area contributed by atoms with E-state index in [0.29, 0.717) is 36.6 Å². The van der Waals surface area contributed by atoms with Crippen LogP contribution in [0.4, 0.5) is 5.69 Å². The lowest BCUT2D eigenvalue weighted by Gasteiger charge is -2.45. The van der Waals surface area contributed by atoms with Gasteiger partial charge < -0.3 is 15.5 Å². The van der Waals surface area contributed by atoms with Crippen molar-refractivity contribution in [1.82, 2.24) is 4.90 Å². The van der Waals surface area contributed by atoms with Crippen molar-refractivity contribution in [2.75, 3.05) is 31.6 Å². The van der Waals surface area contributed by atoms with E-state index in [0.717, 1.165) is 11.1 Å². The zero-order chi connectivity index (χ0) is 20.1. The SMILES string of the molecule is Cc1cc(NC(=O)CN2CC[C@H](O)[C@](CO)(Cc3ccccc3)C2)ccc1Cl. The van der Waals surface area contributed by atoms with E-state index in [-0.39, 0.29) is 19.1 Å². The van der Waals surface area contributed by atoms with Gasteiger partial charge in [0.25, 0.3) is 0 Å². The minimum Gasteiger partial charge on any atom is -0.396 e. The summed E-state index contributed by atoms with van der Waals surface area (Å²) in [5.74, 6) is -0.121. The third-order valence-electron chi connectivity index (χ3n) is 5.49. The number of carbonyl (C=O) groups excluding carboxylic acids is 1. The number of carbonyl (C=O) groups is 1. The third kappa shape index (κ3) is 4.92. The number of benzene rings is 2. The molecular formula is C22H27ClN2O3. The fourth-order valence-electron chi connectivity index (χ4n) is 3.89. The highest BCUT2D eigenvalue weighted by Gasteiger charge is 2.42. The van der Waals surface area contributed by atoms with Crippen molar-refractivity contribution in [2.45, 2.75) is 25.9 Å². The van der Waals surface area contributed by atoms with Gasteiger partial charge in [-0.2, -0.15) is 0 Å². The molecule has 1 heterocycles. The Balaban J connectivity index is 1.65. The number of aliphatic hydroxyl groups is 2. The van der Waals surface area contributed by atoms with Crippen LogP contribution in [0.15, 0.2) is 48.5 Å². The predicted molar refractivity (Wildman–Crippen MR) is 112 cm³/mol. The molecule has 3 N–H and O–H groups in total. The molecule has 6 heteroatoms. The van der Waals surface area contributed by atoms with Crippen LogP contribution in [0, 0.1) is 12.3 Å². The summed E-state index contributed by atoms with van der Waals surface area (Å²) in [5.41, 5.74) is 2.01. The second-order valence-electron chi connectivity index (χ2n) is 7.71. The summed E-state index contributed by atoms with van der Waals surface area (Å²) in [6.45, 7) is 3.06. The zero-order valence-electron chi connectivity index (χ0n) is 16.1. The van der Waals surface area contributed by atoms with Crippen molar-refractivity contribution < 1.29 is 15.0 Å². The average molecular weight is 403 g/mol. The van der Waals surface area contributed by atoms with Crippen LogP contribution in [-0.2, 0) is 11.2 Å². The van der Waals surface area contributed by atoms with Crippen molar-refractivity contribution in [1.29, 1.82) is 0 Å². The van der Waals surface area contributed by atoms with E-state index in [9.17, 15) is 15.0 Å². The molecule has 1 aliphatic heterocycles. The number of nitrogens with one attached hydrogen (secondary N) is 1. The Morgan fingerprint density at radius 2 is 2.04 bits per heavy atom. The van der Waals surface area contributed by atoms with E-state index in [1.165, 1.54) is 0 Å². The summed E-state index contributed by atoms with van der Waals surface area (Å²) in [4.78, 5) is 14.5. The Hall–Kier alpha value is -1.92. The summed E-state index contributed by atoms with van der Waals surface area (Å²) in [6.07, 6.45) is 0.497. The molecule has 1 amide bonds. The number of halogens is 1. The van der Waals surface area contributed by atoms with Crippen LogP contribution < -0.4 is 5.32 Å². The van der Waals surface area contributed by atoms with Crippen LogP contribution >= 0.6 is 11.6 Å². The van der Waals surface area contributed by atoms with E-state index in [1.54, 1.807) is 12.1 Å². The number of aryl methyl sites for hydroxylation is 1. The fourth-order valence-corrected chi connectivity index (χ4v) is 4.01.